The smallest absolute Gasteiger partial charge is 0.305 e. The molecule has 0 fully saturated rings. The first-order chi connectivity index (χ1) is 18.0. The molecule has 0 aliphatic rings. The highest BCUT2D eigenvalue weighted by molar-refractivity contribution is 5.96. The molecule has 0 saturated carbocycles. The van der Waals surface area contributed by atoms with Crippen LogP contribution < -0.4 is 32.7 Å². The number of Topliss-reactive ketones (excluding diaryl/α,β-unsaturated/α-hetero) is 1. The number of hydrogen-bond acceptors (Lipinski definition) is 10. The van der Waals surface area contributed by atoms with Crippen LogP contribution in [0.4, 0.5) is 0 Å². The molecule has 0 rings (SSSR count). The summed E-state index contributed by atoms with van der Waals surface area (Å²) < 4.78 is 10.1. The zero-order chi connectivity index (χ0) is 28.9. The van der Waals surface area contributed by atoms with Crippen LogP contribution in [0.1, 0.15) is 45.4 Å². The summed E-state index contributed by atoms with van der Waals surface area (Å²) in [5.74, 6) is -4.59. The quantitative estimate of drug-likeness (QED) is 0.0682. The Kier molecular flexibility index (Phi) is 19.1. The van der Waals surface area contributed by atoms with Crippen molar-refractivity contribution >= 4 is 35.4 Å². The van der Waals surface area contributed by atoms with Gasteiger partial charge in [0.15, 0.2) is 0 Å². The van der Waals surface area contributed by atoms with Crippen molar-refractivity contribution in [2.24, 2.45) is 11.5 Å². The van der Waals surface area contributed by atoms with Crippen LogP contribution in [0.2, 0.25) is 0 Å². The number of nitrogens with one attached hydrogen (secondary N) is 4. The number of hydrogen-bond donors (Lipinski definition) is 7. The lowest BCUT2D eigenvalue weighted by molar-refractivity contribution is -0.141. The molecule has 4 amide bonds. The Balaban J connectivity index is 5.34. The van der Waals surface area contributed by atoms with Gasteiger partial charge in [-0.05, 0) is 26.3 Å². The summed E-state index contributed by atoms with van der Waals surface area (Å²) >= 11 is 0. The van der Waals surface area contributed by atoms with E-state index in [1.807, 2.05) is 0 Å². The molecule has 15 heteroatoms. The highest BCUT2D eigenvalue weighted by Crippen LogP contribution is 2.03. The van der Waals surface area contributed by atoms with Crippen LogP contribution in [0.25, 0.3) is 0 Å². The van der Waals surface area contributed by atoms with Crippen molar-refractivity contribution in [2.75, 3.05) is 46.6 Å². The number of carboxylic acid groups (broad SMARTS) is 1. The number of amides is 4. The highest BCUT2D eigenvalue weighted by Gasteiger charge is 2.30. The number of unbranched alkanes of at least 4 members (excludes halogenated alkanes) is 1. The molecule has 0 radical (unpaired) electrons. The van der Waals surface area contributed by atoms with Crippen LogP contribution in [0.15, 0.2) is 0 Å². The minimum absolute atomic E-state index is 0.0333. The molecule has 0 bridgehead atoms. The molecule has 3 unspecified atom stereocenters. The number of carboxylic acids is 1. The van der Waals surface area contributed by atoms with Gasteiger partial charge in [-0.15, -0.1) is 0 Å². The van der Waals surface area contributed by atoms with Gasteiger partial charge in [0.25, 0.3) is 0 Å². The first kappa shape index (κ1) is 34.9. The van der Waals surface area contributed by atoms with Crippen LogP contribution in [0, 0.1) is 0 Å². The second-order valence-corrected chi connectivity index (χ2v) is 8.51. The summed E-state index contributed by atoms with van der Waals surface area (Å²) in [7, 11) is 1.51. The van der Waals surface area contributed by atoms with E-state index in [9.17, 15) is 33.9 Å². The normalized spacial score (nSPS) is 13.1. The Hall–Kier alpha value is -3.14. The molecule has 15 nitrogen and oxygen atoms in total. The van der Waals surface area contributed by atoms with Gasteiger partial charge in [0.1, 0.15) is 17.9 Å². The molecule has 0 aliphatic heterocycles. The Morgan fingerprint density at radius 3 is 2.11 bits per heavy atom. The zero-order valence-electron chi connectivity index (χ0n) is 22.1. The van der Waals surface area contributed by atoms with Crippen LogP contribution in [0.3, 0.4) is 0 Å². The molecule has 218 valence electrons. The molecule has 0 saturated heterocycles. The summed E-state index contributed by atoms with van der Waals surface area (Å²) in [6, 6.07) is -3.92. The van der Waals surface area contributed by atoms with Gasteiger partial charge in [0.05, 0.1) is 38.7 Å². The monoisotopic (exact) mass is 546 g/mol. The number of rotatable bonds is 22. The molecule has 0 aromatic rings. The van der Waals surface area contributed by atoms with Gasteiger partial charge in [0, 0.05) is 26.6 Å². The first-order valence-corrected chi connectivity index (χ1v) is 12.4. The Labute approximate surface area is 222 Å². The number of ketones is 1. The van der Waals surface area contributed by atoms with E-state index in [0.717, 1.165) is 0 Å². The third-order valence-corrected chi connectivity index (χ3v) is 5.12. The standard InChI is InChI=1S/C23H42N6O9/c1-15(30)6-8-26-19(31)13-17(28-21(34)16(25)5-3-4-7-24)23(36)29-18(14-20(32)33)22(35)27-9-10-38-12-11-37-2/h16-18H,3-14,24-25H2,1-2H3,(H,26,31)(H,27,35)(H,28,34)(H,29,36)(H,32,33). The van der Waals surface area contributed by atoms with Crippen molar-refractivity contribution in [1.82, 2.24) is 21.3 Å². The van der Waals surface area contributed by atoms with E-state index in [-0.39, 0.29) is 31.9 Å². The van der Waals surface area contributed by atoms with Gasteiger partial charge in [0.2, 0.25) is 23.6 Å². The Morgan fingerprint density at radius 2 is 1.50 bits per heavy atom. The molecule has 0 heterocycles. The molecule has 3 atom stereocenters. The highest BCUT2D eigenvalue weighted by atomic mass is 16.5. The molecule has 0 aromatic heterocycles. The Morgan fingerprint density at radius 1 is 0.842 bits per heavy atom. The summed E-state index contributed by atoms with van der Waals surface area (Å²) in [4.78, 5) is 72.8. The van der Waals surface area contributed by atoms with Gasteiger partial charge in [-0.25, -0.2) is 0 Å². The maximum atomic E-state index is 13.0. The Bertz CT molecular complexity index is 780. The van der Waals surface area contributed by atoms with Gasteiger partial charge in [-0.2, -0.15) is 0 Å². The molecular formula is C23H42N6O9. The van der Waals surface area contributed by atoms with Gasteiger partial charge in [-0.1, -0.05) is 6.42 Å². The summed E-state index contributed by atoms with van der Waals surface area (Å²) in [6.45, 7) is 2.64. The largest absolute Gasteiger partial charge is 0.481 e. The lowest BCUT2D eigenvalue weighted by Gasteiger charge is -2.23. The maximum absolute atomic E-state index is 13.0. The predicted octanol–water partition coefficient (Wildman–Crippen LogP) is -2.85. The van der Waals surface area contributed by atoms with Crippen LogP contribution in [-0.2, 0) is 38.2 Å². The number of carbonyl (C=O) groups excluding carboxylic acids is 5. The third-order valence-electron chi connectivity index (χ3n) is 5.12. The van der Waals surface area contributed by atoms with Gasteiger partial charge < -0.3 is 47.3 Å². The zero-order valence-corrected chi connectivity index (χ0v) is 22.1. The van der Waals surface area contributed by atoms with E-state index in [4.69, 9.17) is 20.9 Å². The van der Waals surface area contributed by atoms with Crippen LogP contribution in [-0.4, -0.2) is 105 Å². The van der Waals surface area contributed by atoms with Crippen molar-refractivity contribution in [1.29, 1.82) is 0 Å². The lowest BCUT2D eigenvalue weighted by Crippen LogP contribution is -2.57. The minimum Gasteiger partial charge on any atom is -0.481 e. The first-order valence-electron chi connectivity index (χ1n) is 12.4. The summed E-state index contributed by atoms with van der Waals surface area (Å²) in [5.41, 5.74) is 11.3. The van der Waals surface area contributed by atoms with E-state index < -0.39 is 60.6 Å². The second kappa shape index (κ2) is 20.9. The van der Waals surface area contributed by atoms with E-state index in [1.54, 1.807) is 0 Å². The molecule has 38 heavy (non-hydrogen) atoms. The molecule has 0 spiro atoms. The number of methoxy groups -OCH3 is 1. The number of carbonyl (C=O) groups is 6. The van der Waals surface area contributed by atoms with Gasteiger partial charge in [-0.3, -0.25) is 28.8 Å². The average Bonchev–Trinajstić information content (AvgIpc) is 2.84. The predicted molar refractivity (Wildman–Crippen MR) is 136 cm³/mol. The number of nitrogens with two attached hydrogens (primary N) is 2. The lowest BCUT2D eigenvalue weighted by atomic mass is 10.1. The molecule has 0 aromatic carbocycles. The van der Waals surface area contributed by atoms with Crippen molar-refractivity contribution in [3.63, 3.8) is 0 Å². The summed E-state index contributed by atoms with van der Waals surface area (Å²) in [6.07, 6.45) is 0.317. The molecular weight excluding hydrogens is 504 g/mol. The van der Waals surface area contributed by atoms with E-state index in [1.165, 1.54) is 14.0 Å². The van der Waals surface area contributed by atoms with Crippen molar-refractivity contribution in [2.45, 2.75) is 63.6 Å². The number of aliphatic carboxylic acids is 1. The van der Waals surface area contributed by atoms with E-state index in [2.05, 4.69) is 21.3 Å². The topological polar surface area (TPSA) is 241 Å². The van der Waals surface area contributed by atoms with Gasteiger partial charge >= 0.3 is 5.97 Å². The fourth-order valence-corrected chi connectivity index (χ4v) is 3.03. The van der Waals surface area contributed by atoms with Crippen molar-refractivity contribution in [3.05, 3.63) is 0 Å². The number of ether oxygens (including phenoxy) is 2. The van der Waals surface area contributed by atoms with Crippen LogP contribution >= 0.6 is 0 Å². The maximum Gasteiger partial charge on any atom is 0.305 e. The fourth-order valence-electron chi connectivity index (χ4n) is 3.03. The SMILES string of the molecule is COCCOCCNC(=O)C(CC(=O)O)NC(=O)C(CC(=O)NCCC(C)=O)NC(=O)C(N)CCCCN. The summed E-state index contributed by atoms with van der Waals surface area (Å²) in [5, 5.41) is 18.8. The molecule has 9 N–H and O–H groups in total. The van der Waals surface area contributed by atoms with Crippen molar-refractivity contribution < 1.29 is 43.3 Å². The average molecular weight is 547 g/mol. The van der Waals surface area contributed by atoms with Crippen molar-refractivity contribution in [3.8, 4) is 0 Å². The fraction of sp³-hybridized carbons (Fsp3) is 0.739. The minimum atomic E-state index is -1.49. The van der Waals surface area contributed by atoms with E-state index in [0.29, 0.717) is 39.0 Å². The van der Waals surface area contributed by atoms with Crippen LogP contribution in [0.5, 0.6) is 0 Å². The third kappa shape index (κ3) is 17.3. The second-order valence-electron chi connectivity index (χ2n) is 8.51. The van der Waals surface area contributed by atoms with E-state index >= 15 is 0 Å². The molecule has 0 aliphatic carbocycles.